The first kappa shape index (κ1) is 14.9. The van der Waals surface area contributed by atoms with Crippen molar-refractivity contribution >= 4 is 0 Å². The number of aromatic nitrogens is 3. The predicted octanol–water partition coefficient (Wildman–Crippen LogP) is 1.46. The van der Waals surface area contributed by atoms with Crippen molar-refractivity contribution in [3.05, 3.63) is 11.6 Å². The van der Waals surface area contributed by atoms with E-state index in [1.54, 1.807) is 0 Å². The fourth-order valence-electron chi connectivity index (χ4n) is 3.30. The quantitative estimate of drug-likeness (QED) is 0.913. The molecule has 2 aliphatic rings. The average Bonchev–Trinajstić information content (AvgIpc) is 2.94. The van der Waals surface area contributed by atoms with E-state index in [2.05, 4.69) is 16.6 Å². The Morgan fingerprint density at radius 2 is 1.86 bits per heavy atom. The fourth-order valence-corrected chi connectivity index (χ4v) is 3.30. The summed E-state index contributed by atoms with van der Waals surface area (Å²) in [4.78, 5) is 7.16. The lowest BCUT2D eigenvalue weighted by Gasteiger charge is -2.30. The molecule has 0 saturated carbocycles. The van der Waals surface area contributed by atoms with Crippen LogP contribution in [0.2, 0.25) is 0 Å². The van der Waals surface area contributed by atoms with Crippen molar-refractivity contribution in [2.75, 3.05) is 33.4 Å². The monoisotopic (exact) mass is 293 g/mol. The van der Waals surface area contributed by atoms with E-state index in [0.717, 1.165) is 63.6 Å². The van der Waals surface area contributed by atoms with Gasteiger partial charge in [0.1, 0.15) is 5.82 Å². The van der Waals surface area contributed by atoms with E-state index in [1.807, 2.05) is 6.92 Å². The summed E-state index contributed by atoms with van der Waals surface area (Å²) < 4.78 is 7.57. The van der Waals surface area contributed by atoms with Crippen LogP contribution in [0, 0.1) is 0 Å². The highest BCUT2D eigenvalue weighted by Crippen LogP contribution is 2.29. The molecule has 0 amide bonds. The van der Waals surface area contributed by atoms with E-state index >= 15 is 0 Å². The molecule has 1 atom stereocenters. The van der Waals surface area contributed by atoms with Crippen molar-refractivity contribution in [1.82, 2.24) is 19.7 Å². The molecule has 1 aromatic heterocycles. The zero-order valence-electron chi connectivity index (χ0n) is 13.2. The molecule has 0 radical (unpaired) electrons. The third-order valence-electron chi connectivity index (χ3n) is 4.70. The van der Waals surface area contributed by atoms with E-state index in [4.69, 9.17) is 20.6 Å². The largest absolute Gasteiger partial charge is 0.381 e. The van der Waals surface area contributed by atoms with Crippen LogP contribution < -0.4 is 5.73 Å². The molecule has 0 bridgehead atoms. The van der Waals surface area contributed by atoms with Gasteiger partial charge in [-0.3, -0.25) is 0 Å². The van der Waals surface area contributed by atoms with Gasteiger partial charge in [-0.2, -0.15) is 5.10 Å². The van der Waals surface area contributed by atoms with E-state index < -0.39 is 0 Å². The summed E-state index contributed by atoms with van der Waals surface area (Å²) in [7, 11) is 2.18. The molecule has 3 heterocycles. The van der Waals surface area contributed by atoms with Crippen molar-refractivity contribution in [2.24, 2.45) is 5.73 Å². The first-order chi connectivity index (χ1) is 10.1. The molecule has 6 nitrogen and oxygen atoms in total. The lowest BCUT2D eigenvalue weighted by atomic mass is 10.00. The van der Waals surface area contributed by atoms with Crippen LogP contribution in [0.3, 0.4) is 0 Å². The zero-order chi connectivity index (χ0) is 14.8. The van der Waals surface area contributed by atoms with Gasteiger partial charge < -0.3 is 15.4 Å². The first-order valence-electron chi connectivity index (χ1n) is 8.13. The number of likely N-dealkylation sites (tertiary alicyclic amines) is 1. The predicted molar refractivity (Wildman–Crippen MR) is 81.2 cm³/mol. The third-order valence-corrected chi connectivity index (χ3v) is 4.70. The maximum atomic E-state index is 6.13. The second kappa shape index (κ2) is 6.42. The summed E-state index contributed by atoms with van der Waals surface area (Å²) in [6.45, 7) is 5.89. The molecule has 21 heavy (non-hydrogen) atoms. The Morgan fingerprint density at radius 3 is 2.48 bits per heavy atom. The summed E-state index contributed by atoms with van der Waals surface area (Å²) in [5.74, 6) is 2.36. The summed E-state index contributed by atoms with van der Waals surface area (Å²) in [6.07, 6.45) is 4.31. The van der Waals surface area contributed by atoms with Crippen molar-refractivity contribution in [2.45, 2.75) is 50.6 Å². The minimum Gasteiger partial charge on any atom is -0.381 e. The van der Waals surface area contributed by atoms with Gasteiger partial charge in [-0.25, -0.2) is 9.67 Å². The van der Waals surface area contributed by atoms with Gasteiger partial charge in [0.15, 0.2) is 5.82 Å². The maximum Gasteiger partial charge on any atom is 0.154 e. The highest BCUT2D eigenvalue weighted by Gasteiger charge is 2.27. The van der Waals surface area contributed by atoms with Gasteiger partial charge in [-0.15, -0.1) is 0 Å². The van der Waals surface area contributed by atoms with Gasteiger partial charge in [0, 0.05) is 19.1 Å². The van der Waals surface area contributed by atoms with Crippen LogP contribution >= 0.6 is 0 Å². The SMILES string of the molecule is C[C@@H](N)c1nc(C2CCOCC2)nn1C1CCN(C)CC1. The normalized spacial score (nSPS) is 24.3. The molecule has 6 heteroatoms. The summed E-state index contributed by atoms with van der Waals surface area (Å²) in [5.41, 5.74) is 6.13. The van der Waals surface area contributed by atoms with Crippen molar-refractivity contribution in [3.8, 4) is 0 Å². The van der Waals surface area contributed by atoms with Gasteiger partial charge >= 0.3 is 0 Å². The molecule has 3 rings (SSSR count). The molecule has 0 spiro atoms. The van der Waals surface area contributed by atoms with Crippen molar-refractivity contribution < 1.29 is 4.74 Å². The first-order valence-corrected chi connectivity index (χ1v) is 8.13. The molecule has 2 N–H and O–H groups in total. The Hall–Kier alpha value is -0.980. The molecule has 2 fully saturated rings. The Morgan fingerprint density at radius 1 is 1.19 bits per heavy atom. The van der Waals surface area contributed by atoms with E-state index in [-0.39, 0.29) is 6.04 Å². The molecule has 1 aromatic rings. The Labute approximate surface area is 126 Å². The number of piperidine rings is 1. The Bertz CT molecular complexity index is 459. The van der Waals surface area contributed by atoms with Crippen LogP contribution in [-0.4, -0.2) is 53.0 Å². The Kier molecular flexibility index (Phi) is 4.57. The number of nitrogens with two attached hydrogens (primary N) is 1. The smallest absolute Gasteiger partial charge is 0.154 e. The molecular weight excluding hydrogens is 266 g/mol. The van der Waals surface area contributed by atoms with Gasteiger partial charge in [0.2, 0.25) is 0 Å². The van der Waals surface area contributed by atoms with Crippen LogP contribution in [0.5, 0.6) is 0 Å². The number of hydrogen-bond acceptors (Lipinski definition) is 5. The van der Waals surface area contributed by atoms with Gasteiger partial charge in [-0.05, 0) is 52.7 Å². The van der Waals surface area contributed by atoms with Gasteiger partial charge in [0.25, 0.3) is 0 Å². The summed E-state index contributed by atoms with van der Waals surface area (Å²) >= 11 is 0. The number of rotatable bonds is 3. The molecule has 0 aliphatic carbocycles. The Balaban J connectivity index is 1.82. The lowest BCUT2D eigenvalue weighted by molar-refractivity contribution is 0.0834. The molecule has 118 valence electrons. The summed E-state index contributed by atoms with van der Waals surface area (Å²) in [6, 6.07) is 0.383. The van der Waals surface area contributed by atoms with Crippen molar-refractivity contribution in [3.63, 3.8) is 0 Å². The minimum atomic E-state index is -0.0641. The average molecular weight is 293 g/mol. The third kappa shape index (κ3) is 3.27. The topological polar surface area (TPSA) is 69.2 Å². The van der Waals surface area contributed by atoms with Gasteiger partial charge in [0.05, 0.1) is 12.1 Å². The number of hydrogen-bond donors (Lipinski definition) is 1. The van der Waals surface area contributed by atoms with Crippen LogP contribution in [0.4, 0.5) is 0 Å². The van der Waals surface area contributed by atoms with E-state index in [9.17, 15) is 0 Å². The second-order valence-corrected chi connectivity index (χ2v) is 6.48. The lowest BCUT2D eigenvalue weighted by Crippen LogP contribution is -2.33. The van der Waals surface area contributed by atoms with Crippen molar-refractivity contribution in [1.29, 1.82) is 0 Å². The number of ether oxygens (including phenoxy) is 1. The number of nitrogens with zero attached hydrogens (tertiary/aromatic N) is 4. The molecule has 0 aromatic carbocycles. The van der Waals surface area contributed by atoms with Gasteiger partial charge in [-0.1, -0.05) is 0 Å². The van der Waals surface area contributed by atoms with Crippen LogP contribution in [0.15, 0.2) is 0 Å². The standard InChI is InChI=1S/C15H27N5O/c1-11(16)15-17-14(12-5-9-21-10-6-12)18-20(15)13-3-7-19(2)8-4-13/h11-13H,3-10,16H2,1-2H3/t11-/m1/s1. The van der Waals surface area contributed by atoms with E-state index in [0.29, 0.717) is 12.0 Å². The molecule has 0 unspecified atom stereocenters. The maximum absolute atomic E-state index is 6.13. The van der Waals surface area contributed by atoms with Crippen LogP contribution in [0.25, 0.3) is 0 Å². The summed E-state index contributed by atoms with van der Waals surface area (Å²) in [5, 5.41) is 4.86. The minimum absolute atomic E-state index is 0.0641. The van der Waals surface area contributed by atoms with E-state index in [1.165, 1.54) is 0 Å². The van der Waals surface area contributed by atoms with Crippen LogP contribution in [-0.2, 0) is 4.74 Å². The zero-order valence-corrected chi connectivity index (χ0v) is 13.2. The fraction of sp³-hybridized carbons (Fsp3) is 0.867. The molecule has 2 saturated heterocycles. The molecular formula is C15H27N5O. The molecule has 2 aliphatic heterocycles. The van der Waals surface area contributed by atoms with Crippen LogP contribution in [0.1, 0.15) is 62.3 Å². The highest BCUT2D eigenvalue weighted by atomic mass is 16.5. The highest BCUT2D eigenvalue weighted by molar-refractivity contribution is 5.05. The second-order valence-electron chi connectivity index (χ2n) is 6.48.